The minimum Gasteiger partial charge on any atom is -0.427 e. The molecule has 0 saturated carbocycles. The lowest BCUT2D eigenvalue weighted by Gasteiger charge is -2.20. The highest BCUT2D eigenvalue weighted by Gasteiger charge is 2.67. The largest absolute Gasteiger partial charge is 0.469 e. The van der Waals surface area contributed by atoms with Crippen molar-refractivity contribution in [2.45, 2.75) is 25.4 Å². The van der Waals surface area contributed by atoms with Gasteiger partial charge in [-0.1, -0.05) is 19.1 Å². The molecule has 192 valence electrons. The van der Waals surface area contributed by atoms with E-state index in [0.717, 1.165) is 11.1 Å². The van der Waals surface area contributed by atoms with Crippen molar-refractivity contribution in [2.24, 2.45) is 0 Å². The molecular weight excluding hydrogens is 500 g/mol. The van der Waals surface area contributed by atoms with Crippen LogP contribution in [0.3, 0.4) is 0 Å². The number of rotatable bonds is 4. The lowest BCUT2D eigenvalue weighted by atomic mass is 10.0. The summed E-state index contributed by atoms with van der Waals surface area (Å²) in [6.07, 6.45) is -4.61. The SMILES string of the molecule is CCc1cc(NC(=O)N2CC(c3ccc(F)cc3)=C(c3ccc(F)cc3)N2)cc2c1OC(F)(F)C2(F)F. The molecule has 0 bridgehead atoms. The van der Waals surface area contributed by atoms with Gasteiger partial charge in [0.1, 0.15) is 17.4 Å². The number of hydrazine groups is 1. The Morgan fingerprint density at radius 2 is 1.57 bits per heavy atom. The van der Waals surface area contributed by atoms with Crippen molar-refractivity contribution in [2.75, 3.05) is 11.9 Å². The lowest BCUT2D eigenvalue weighted by molar-refractivity contribution is -0.296. The van der Waals surface area contributed by atoms with Gasteiger partial charge in [-0.05, 0) is 71.6 Å². The average molecular weight is 519 g/mol. The van der Waals surface area contributed by atoms with Crippen LogP contribution in [0.2, 0.25) is 0 Å². The van der Waals surface area contributed by atoms with Crippen molar-refractivity contribution in [3.05, 3.63) is 94.6 Å². The highest BCUT2D eigenvalue weighted by Crippen LogP contribution is 2.55. The number of benzene rings is 3. The number of urea groups is 1. The van der Waals surface area contributed by atoms with Gasteiger partial charge in [0, 0.05) is 11.3 Å². The van der Waals surface area contributed by atoms with Gasteiger partial charge >= 0.3 is 18.1 Å². The van der Waals surface area contributed by atoms with E-state index in [1.54, 1.807) is 6.92 Å². The van der Waals surface area contributed by atoms with Gasteiger partial charge in [-0.2, -0.15) is 17.6 Å². The number of nitrogens with zero attached hydrogens (tertiary/aromatic N) is 1. The molecule has 0 atom stereocenters. The first-order valence-corrected chi connectivity index (χ1v) is 11.2. The van der Waals surface area contributed by atoms with E-state index in [0.29, 0.717) is 22.4 Å². The lowest BCUT2D eigenvalue weighted by Crippen LogP contribution is -2.40. The summed E-state index contributed by atoms with van der Waals surface area (Å²) in [5.74, 6) is -6.10. The summed E-state index contributed by atoms with van der Waals surface area (Å²) in [6, 6.07) is 12.3. The number of carbonyl (C=O) groups excluding carboxylic acids is 1. The summed E-state index contributed by atoms with van der Waals surface area (Å²) >= 11 is 0. The Balaban J connectivity index is 1.44. The number of amides is 2. The van der Waals surface area contributed by atoms with E-state index >= 15 is 0 Å². The minimum atomic E-state index is -4.71. The fourth-order valence-electron chi connectivity index (χ4n) is 4.26. The topological polar surface area (TPSA) is 53.6 Å². The first kappa shape index (κ1) is 24.5. The summed E-state index contributed by atoms with van der Waals surface area (Å²) in [7, 11) is 0. The number of halogens is 6. The molecule has 11 heteroatoms. The summed E-state index contributed by atoms with van der Waals surface area (Å²) < 4.78 is 87.5. The monoisotopic (exact) mass is 519 g/mol. The highest BCUT2D eigenvalue weighted by molar-refractivity contribution is 5.98. The van der Waals surface area contributed by atoms with E-state index < -0.39 is 41.0 Å². The molecular formula is C26H19F6N3O2. The van der Waals surface area contributed by atoms with Gasteiger partial charge in [-0.25, -0.2) is 18.6 Å². The van der Waals surface area contributed by atoms with Gasteiger partial charge in [-0.3, -0.25) is 5.43 Å². The molecule has 0 saturated heterocycles. The summed E-state index contributed by atoms with van der Waals surface area (Å²) in [4.78, 5) is 13.1. The molecule has 0 unspecified atom stereocenters. The molecule has 37 heavy (non-hydrogen) atoms. The zero-order chi connectivity index (χ0) is 26.5. The molecule has 2 heterocycles. The van der Waals surface area contributed by atoms with Gasteiger partial charge in [0.15, 0.2) is 0 Å². The van der Waals surface area contributed by atoms with E-state index in [4.69, 9.17) is 0 Å². The smallest absolute Gasteiger partial charge is 0.427 e. The summed E-state index contributed by atoms with van der Waals surface area (Å²) in [5, 5.41) is 3.60. The number of fused-ring (bicyclic) bond motifs is 1. The zero-order valence-electron chi connectivity index (χ0n) is 19.2. The second kappa shape index (κ2) is 8.75. The number of nitrogens with one attached hydrogen (secondary N) is 2. The van der Waals surface area contributed by atoms with Crippen LogP contribution in [-0.4, -0.2) is 23.7 Å². The van der Waals surface area contributed by atoms with Crippen molar-refractivity contribution in [3.8, 4) is 5.75 Å². The van der Waals surface area contributed by atoms with Gasteiger partial charge in [0.25, 0.3) is 0 Å². The van der Waals surface area contributed by atoms with Crippen molar-refractivity contribution >= 4 is 23.0 Å². The van der Waals surface area contributed by atoms with E-state index in [1.807, 2.05) is 0 Å². The Morgan fingerprint density at radius 3 is 2.16 bits per heavy atom. The Bertz CT molecular complexity index is 1350. The molecule has 3 aromatic rings. The standard InChI is InChI=1S/C26H19F6N3O2/c1-2-14-11-19(12-21-23(14)37-26(31,32)25(21,29)30)33-24(36)35-13-20(15-3-7-17(27)8-4-15)22(34-35)16-5-9-18(28)10-6-16/h3-12,34H,2,13H2,1H3,(H,33,36). The Labute approximate surface area is 207 Å². The van der Waals surface area contributed by atoms with Crippen molar-refractivity contribution in [3.63, 3.8) is 0 Å². The zero-order valence-corrected chi connectivity index (χ0v) is 19.2. The third kappa shape index (κ3) is 4.24. The molecule has 2 amide bonds. The van der Waals surface area contributed by atoms with Crippen LogP contribution in [0.5, 0.6) is 5.75 Å². The summed E-state index contributed by atoms with van der Waals surface area (Å²) in [5.41, 5.74) is 4.02. The van der Waals surface area contributed by atoms with E-state index in [2.05, 4.69) is 15.5 Å². The van der Waals surface area contributed by atoms with E-state index in [1.165, 1.54) is 54.6 Å². The van der Waals surface area contributed by atoms with Crippen LogP contribution >= 0.6 is 0 Å². The first-order valence-electron chi connectivity index (χ1n) is 11.2. The normalized spacial score (nSPS) is 17.3. The van der Waals surface area contributed by atoms with Gasteiger partial charge < -0.3 is 10.1 Å². The number of ether oxygens (including phenoxy) is 1. The second-order valence-electron chi connectivity index (χ2n) is 8.55. The van der Waals surface area contributed by atoms with Crippen LogP contribution < -0.4 is 15.5 Å². The van der Waals surface area contributed by atoms with Crippen molar-refractivity contribution in [1.29, 1.82) is 0 Å². The molecule has 3 aromatic carbocycles. The van der Waals surface area contributed by atoms with Crippen LogP contribution in [-0.2, 0) is 12.3 Å². The second-order valence-corrected chi connectivity index (χ2v) is 8.55. The minimum absolute atomic E-state index is 0.0207. The first-order chi connectivity index (χ1) is 17.5. The van der Waals surface area contributed by atoms with E-state index in [9.17, 15) is 31.1 Å². The van der Waals surface area contributed by atoms with Gasteiger partial charge in [0.05, 0.1) is 17.8 Å². The van der Waals surface area contributed by atoms with Crippen molar-refractivity contribution < 1.29 is 35.9 Å². The maximum Gasteiger partial charge on any atom is 0.469 e. The van der Waals surface area contributed by atoms with Crippen LogP contribution in [0, 0.1) is 11.6 Å². The predicted octanol–water partition coefficient (Wildman–Crippen LogP) is 6.52. The molecule has 5 rings (SSSR count). The van der Waals surface area contributed by atoms with Crippen LogP contribution in [0.25, 0.3) is 11.3 Å². The van der Waals surface area contributed by atoms with Crippen LogP contribution in [0.4, 0.5) is 36.8 Å². The molecule has 0 fully saturated rings. The number of hydrogen-bond donors (Lipinski definition) is 2. The number of hydrogen-bond acceptors (Lipinski definition) is 3. The number of aryl methyl sites for hydroxylation is 1. The van der Waals surface area contributed by atoms with Crippen LogP contribution in [0.15, 0.2) is 60.7 Å². The fraction of sp³-hybridized carbons (Fsp3) is 0.192. The average Bonchev–Trinajstić information content (AvgIpc) is 3.37. The van der Waals surface area contributed by atoms with Gasteiger partial charge in [0.2, 0.25) is 0 Å². The highest BCUT2D eigenvalue weighted by atomic mass is 19.3. The van der Waals surface area contributed by atoms with Crippen LogP contribution in [0.1, 0.15) is 29.2 Å². The molecule has 2 aliphatic heterocycles. The Morgan fingerprint density at radius 1 is 0.973 bits per heavy atom. The van der Waals surface area contributed by atoms with Gasteiger partial charge in [-0.15, -0.1) is 0 Å². The number of carbonyl (C=O) groups is 1. The maximum absolute atomic E-state index is 14.3. The molecule has 2 N–H and O–H groups in total. The number of anilines is 1. The third-order valence-electron chi connectivity index (χ3n) is 6.17. The Kier molecular flexibility index (Phi) is 5.81. The quantitative estimate of drug-likeness (QED) is 0.386. The fourth-order valence-corrected chi connectivity index (χ4v) is 4.26. The molecule has 2 aliphatic rings. The Hall–Kier alpha value is -4.15. The maximum atomic E-state index is 14.3. The third-order valence-corrected chi connectivity index (χ3v) is 6.17. The summed E-state index contributed by atoms with van der Waals surface area (Å²) in [6.45, 7) is 1.56. The number of alkyl halides is 4. The predicted molar refractivity (Wildman–Crippen MR) is 124 cm³/mol. The molecule has 0 spiro atoms. The van der Waals surface area contributed by atoms with Crippen molar-refractivity contribution in [1.82, 2.24) is 10.4 Å². The molecule has 0 radical (unpaired) electrons. The van der Waals surface area contributed by atoms with E-state index in [-0.39, 0.29) is 24.2 Å². The molecule has 5 nitrogen and oxygen atoms in total. The molecule has 0 aromatic heterocycles. The molecule has 0 aliphatic carbocycles.